The van der Waals surface area contributed by atoms with Crippen LogP contribution in [-0.4, -0.2) is 41.7 Å². The van der Waals surface area contributed by atoms with Gasteiger partial charge in [-0.2, -0.15) is 0 Å². The largest absolute Gasteiger partial charge is 0.476 e. The van der Waals surface area contributed by atoms with Gasteiger partial charge in [-0.05, 0) is 94.0 Å². The molecule has 7 nitrogen and oxygen atoms in total. The molecule has 0 radical (unpaired) electrons. The zero-order valence-electron chi connectivity index (χ0n) is 25.0. The van der Waals surface area contributed by atoms with Gasteiger partial charge in [0.2, 0.25) is 5.91 Å². The predicted molar refractivity (Wildman–Crippen MR) is 164 cm³/mol. The van der Waals surface area contributed by atoms with Gasteiger partial charge in [0, 0.05) is 36.9 Å². The van der Waals surface area contributed by atoms with Gasteiger partial charge in [-0.25, -0.2) is 4.79 Å². The molecule has 1 aliphatic rings. The second-order valence-electron chi connectivity index (χ2n) is 11.3. The number of nitrogens with one attached hydrogen (secondary N) is 1. The van der Waals surface area contributed by atoms with E-state index in [-0.39, 0.29) is 18.4 Å². The predicted octanol–water partition coefficient (Wildman–Crippen LogP) is 6.78. The monoisotopic (exact) mass is 559 g/mol. The lowest BCUT2D eigenvalue weighted by atomic mass is 9.96. The topological polar surface area (TPSA) is 72.8 Å². The molecule has 1 amide bonds. The summed E-state index contributed by atoms with van der Waals surface area (Å²) in [5.41, 5.74) is 3.34. The van der Waals surface area contributed by atoms with Crippen molar-refractivity contribution in [1.82, 2.24) is 9.88 Å². The van der Waals surface area contributed by atoms with Gasteiger partial charge in [-0.1, -0.05) is 38.0 Å². The summed E-state index contributed by atoms with van der Waals surface area (Å²) >= 11 is 0. The molecule has 0 spiro atoms. The summed E-state index contributed by atoms with van der Waals surface area (Å²) in [4.78, 5) is 28.0. The van der Waals surface area contributed by atoms with Gasteiger partial charge in [-0.15, -0.1) is 0 Å². The number of amides is 1. The smallest absolute Gasteiger partial charge is 0.349 e. The Morgan fingerprint density at radius 2 is 1.68 bits per heavy atom. The fraction of sp³-hybridized carbons (Fsp3) is 0.471. The van der Waals surface area contributed by atoms with Crippen molar-refractivity contribution in [2.75, 3.05) is 24.6 Å². The highest BCUT2D eigenvalue weighted by Crippen LogP contribution is 2.34. The number of piperidine rings is 1. The van der Waals surface area contributed by atoms with Crippen LogP contribution in [0.1, 0.15) is 83.4 Å². The van der Waals surface area contributed by atoms with Crippen molar-refractivity contribution < 1.29 is 19.1 Å². The molecule has 1 fully saturated rings. The number of nitrogens with zero attached hydrogens (tertiary/aromatic N) is 2. The number of rotatable bonds is 13. The van der Waals surface area contributed by atoms with Gasteiger partial charge in [0.05, 0.1) is 19.1 Å². The highest BCUT2D eigenvalue weighted by atomic mass is 16.6. The maximum absolute atomic E-state index is 13.4. The molecule has 1 aromatic heterocycles. The van der Waals surface area contributed by atoms with E-state index in [2.05, 4.69) is 52.3 Å². The molecule has 1 unspecified atom stereocenters. The summed E-state index contributed by atoms with van der Waals surface area (Å²) in [7, 11) is 0. The van der Waals surface area contributed by atoms with Crippen molar-refractivity contribution >= 4 is 17.6 Å². The Kier molecular flexibility index (Phi) is 10.5. The molecule has 0 saturated carbocycles. The van der Waals surface area contributed by atoms with Gasteiger partial charge in [0.25, 0.3) is 0 Å². The fourth-order valence-corrected chi connectivity index (χ4v) is 5.36. The van der Waals surface area contributed by atoms with Crippen molar-refractivity contribution in [3.63, 3.8) is 0 Å². The minimum Gasteiger partial charge on any atom is -0.476 e. The third-order valence-corrected chi connectivity index (χ3v) is 7.60. The van der Waals surface area contributed by atoms with Crippen molar-refractivity contribution in [3.05, 3.63) is 78.1 Å². The lowest BCUT2D eigenvalue weighted by Gasteiger charge is -2.33. The summed E-state index contributed by atoms with van der Waals surface area (Å²) in [6.45, 7) is 9.71. The van der Waals surface area contributed by atoms with E-state index in [1.165, 1.54) is 30.5 Å². The summed E-state index contributed by atoms with van der Waals surface area (Å²) in [6, 6.07) is 18.0. The number of carbonyl (C=O) groups excluding carboxylic acids is 2. The first-order valence-electron chi connectivity index (χ1n) is 15.1. The normalized spacial score (nSPS) is 14.4. The van der Waals surface area contributed by atoms with Gasteiger partial charge in [0.15, 0.2) is 5.60 Å². The molecule has 1 N–H and O–H groups in total. The Morgan fingerprint density at radius 3 is 2.34 bits per heavy atom. The van der Waals surface area contributed by atoms with E-state index < -0.39 is 11.6 Å². The van der Waals surface area contributed by atoms with E-state index in [0.717, 1.165) is 43.6 Å². The first-order chi connectivity index (χ1) is 19.8. The first-order valence-corrected chi connectivity index (χ1v) is 15.1. The number of hydrogen-bond acceptors (Lipinski definition) is 5. The van der Waals surface area contributed by atoms with Crippen LogP contribution in [0.5, 0.6) is 5.75 Å². The van der Waals surface area contributed by atoms with Gasteiger partial charge < -0.3 is 24.3 Å². The van der Waals surface area contributed by atoms with E-state index in [1.807, 2.05) is 24.3 Å². The van der Waals surface area contributed by atoms with Crippen molar-refractivity contribution in [2.45, 2.75) is 84.3 Å². The molecule has 1 aliphatic heterocycles. The number of aromatic nitrogens is 1. The van der Waals surface area contributed by atoms with E-state index in [9.17, 15) is 9.59 Å². The number of carbonyl (C=O) groups is 2. The Balaban J connectivity index is 1.50. The number of hydrogen-bond donors (Lipinski definition) is 1. The summed E-state index contributed by atoms with van der Waals surface area (Å²) in [6.07, 6.45) is 11.0. The fourth-order valence-electron chi connectivity index (χ4n) is 5.36. The molecule has 3 aromatic rings. The molecule has 0 bridgehead atoms. The molecule has 0 aliphatic carbocycles. The molecule has 1 saturated heterocycles. The van der Waals surface area contributed by atoms with Crippen LogP contribution in [0.15, 0.2) is 67.0 Å². The lowest BCUT2D eigenvalue weighted by molar-refractivity contribution is -0.158. The minimum absolute atomic E-state index is 0.00861. The second-order valence-corrected chi connectivity index (χ2v) is 11.3. The van der Waals surface area contributed by atoms with Crippen LogP contribution in [0.25, 0.3) is 5.69 Å². The maximum atomic E-state index is 13.4. The molecule has 220 valence electrons. The Bertz CT molecular complexity index is 1260. The van der Waals surface area contributed by atoms with Crippen LogP contribution in [0.4, 0.5) is 5.69 Å². The van der Waals surface area contributed by atoms with E-state index in [0.29, 0.717) is 12.4 Å². The van der Waals surface area contributed by atoms with Crippen molar-refractivity contribution in [3.8, 4) is 11.4 Å². The number of esters is 1. The lowest BCUT2D eigenvalue weighted by Crippen LogP contribution is -2.39. The van der Waals surface area contributed by atoms with Crippen LogP contribution in [-0.2, 0) is 20.7 Å². The van der Waals surface area contributed by atoms with Crippen LogP contribution in [0.2, 0.25) is 0 Å². The zero-order valence-corrected chi connectivity index (χ0v) is 25.0. The number of unbranched alkanes of at least 4 members (excludes halogenated alkanes) is 1. The number of ether oxygens (including phenoxy) is 2. The molecule has 2 aromatic carbocycles. The molecule has 7 heteroatoms. The average molecular weight is 560 g/mol. The van der Waals surface area contributed by atoms with Crippen LogP contribution in [0.3, 0.4) is 0 Å². The standard InChI is InChI=1S/C34H45N3O4/c1-5-7-13-30(29-19-16-27(36-20-11-12-21-36)25-31(29)37-22-9-8-10-23-37)35-32(38)24-26-14-17-28(18-15-26)41-34(3,4)33(39)40-6-2/h11-12,14-21,25,30H,5-10,13,22-24H2,1-4H3,(H,35,38). The van der Waals surface area contributed by atoms with Crippen LogP contribution in [0, 0.1) is 0 Å². The molecule has 2 heterocycles. The molecular weight excluding hydrogens is 514 g/mol. The van der Waals surface area contributed by atoms with Crippen molar-refractivity contribution in [1.29, 1.82) is 0 Å². The molecule has 1 atom stereocenters. The van der Waals surface area contributed by atoms with E-state index in [4.69, 9.17) is 9.47 Å². The Hall–Kier alpha value is -3.74. The molecule has 41 heavy (non-hydrogen) atoms. The molecule has 4 rings (SSSR count). The van der Waals surface area contributed by atoms with Gasteiger partial charge in [-0.3, -0.25) is 4.79 Å². The molecular formula is C34H45N3O4. The Morgan fingerprint density at radius 1 is 0.976 bits per heavy atom. The zero-order chi connectivity index (χ0) is 29.2. The maximum Gasteiger partial charge on any atom is 0.349 e. The summed E-state index contributed by atoms with van der Waals surface area (Å²) in [5, 5.41) is 3.37. The van der Waals surface area contributed by atoms with Gasteiger partial charge >= 0.3 is 5.97 Å². The number of benzene rings is 2. The third-order valence-electron chi connectivity index (χ3n) is 7.60. The van der Waals surface area contributed by atoms with Crippen LogP contribution >= 0.6 is 0 Å². The highest BCUT2D eigenvalue weighted by molar-refractivity contribution is 5.80. The minimum atomic E-state index is -1.09. The van der Waals surface area contributed by atoms with Gasteiger partial charge in [0.1, 0.15) is 5.75 Å². The van der Waals surface area contributed by atoms with E-state index in [1.54, 1.807) is 32.9 Å². The summed E-state index contributed by atoms with van der Waals surface area (Å²) in [5.74, 6) is 0.139. The first kappa shape index (κ1) is 30.2. The summed E-state index contributed by atoms with van der Waals surface area (Å²) < 4.78 is 13.1. The average Bonchev–Trinajstić information content (AvgIpc) is 3.52. The Labute approximate surface area is 244 Å². The third kappa shape index (κ3) is 8.15. The van der Waals surface area contributed by atoms with Crippen molar-refractivity contribution in [2.24, 2.45) is 0 Å². The highest BCUT2D eigenvalue weighted by Gasteiger charge is 2.31. The van der Waals surface area contributed by atoms with E-state index >= 15 is 0 Å². The quantitative estimate of drug-likeness (QED) is 0.234. The SMILES string of the molecule is CCCCC(NC(=O)Cc1ccc(OC(C)(C)C(=O)OCC)cc1)c1ccc(-n2cccc2)cc1N1CCCCC1. The second kappa shape index (κ2) is 14.2. The number of anilines is 1. The van der Waals surface area contributed by atoms with Crippen LogP contribution < -0.4 is 15.0 Å².